The van der Waals surface area contributed by atoms with Crippen LogP contribution in [0.25, 0.3) is 33.4 Å². The smallest absolute Gasteiger partial charge is 0.158 e. The molecule has 0 saturated heterocycles. The Morgan fingerprint density at radius 1 is 0.312 bits per heavy atom. The van der Waals surface area contributed by atoms with Crippen molar-refractivity contribution >= 4 is 51.5 Å². The lowest BCUT2D eigenvalue weighted by molar-refractivity contribution is 1.23. The van der Waals surface area contributed by atoms with Gasteiger partial charge in [0, 0.05) is 21.6 Å². The second-order valence-electron chi connectivity index (χ2n) is 16.0. The molecule has 64 heavy (non-hydrogen) atoms. The van der Waals surface area contributed by atoms with E-state index in [4.69, 9.17) is 0 Å². The summed E-state index contributed by atoms with van der Waals surface area (Å²) in [6.45, 7) is 2.21. The number of benzene rings is 10. The lowest BCUT2D eigenvalue weighted by Crippen LogP contribution is -2.74. The number of aryl methyl sites for hydroxylation is 1. The fraction of sp³-hybridized carbons (Fsp3) is 0.0164. The quantitative estimate of drug-likeness (QED) is 0.0709. The molecule has 0 aromatic heterocycles. The molecule has 0 atom stereocenters. The fourth-order valence-corrected chi connectivity index (χ4v) is 10.8. The van der Waals surface area contributed by atoms with E-state index in [1.165, 1.54) is 92.1 Å². The zero-order valence-electron chi connectivity index (χ0n) is 35.9. The van der Waals surface area contributed by atoms with Gasteiger partial charge in [0.05, 0.1) is 0 Å². The summed E-state index contributed by atoms with van der Waals surface area (Å²) >= 11 is 3.05. The van der Waals surface area contributed by atoms with Gasteiger partial charge in [0.2, 0.25) is 0 Å². The maximum absolute atomic E-state index is 2.32. The van der Waals surface area contributed by atoms with Gasteiger partial charge in [-0.2, -0.15) is 21.9 Å². The van der Waals surface area contributed by atoms with Crippen molar-refractivity contribution in [3.63, 3.8) is 0 Å². The van der Waals surface area contributed by atoms with Crippen LogP contribution in [0.2, 0.25) is 0 Å². The van der Waals surface area contributed by atoms with Crippen molar-refractivity contribution in [1.82, 2.24) is 0 Å². The third-order valence-electron chi connectivity index (χ3n) is 12.0. The number of thiol groups is 1. The van der Waals surface area contributed by atoms with Gasteiger partial charge in [0.15, 0.2) is 9.79 Å². The summed E-state index contributed by atoms with van der Waals surface area (Å²) in [5.41, 5.74) is 14.2. The molecule has 0 fully saturated rings. The van der Waals surface area contributed by atoms with E-state index < -0.39 is 6.15 Å². The summed E-state index contributed by atoms with van der Waals surface area (Å²) < 4.78 is 0. The van der Waals surface area contributed by atoms with Gasteiger partial charge in [0.25, 0.3) is 0 Å². The first-order valence-electron chi connectivity index (χ1n) is 21.9. The normalized spacial score (nSPS) is 11.0. The summed E-state index contributed by atoms with van der Waals surface area (Å²) in [6, 6.07) is 98.0. The molecule has 10 rings (SSSR count). The molecular weight excluding hydrogens is 808 g/mol. The van der Waals surface area contributed by atoms with Crippen molar-refractivity contribution < 1.29 is 0 Å². The number of hydrogen-bond donors (Lipinski definition) is 0. The molecule has 0 saturated carbocycles. The summed E-state index contributed by atoms with van der Waals surface area (Å²) in [5.74, 6) is 0. The predicted octanol–water partition coefficient (Wildman–Crippen LogP) is 13.4. The standard InChI is InChI=1S/C37H28S2.C24H20B/c1-27-26-34(24-25-37(27)39-33-20-16-29(17-21-33)28-10-4-2-5-11-28)38-32-22-18-31(19-23-32)36-15-9-8-14-35(36)30-12-6-3-7-13-30;1-5-13-21(14-6-1)25(22-15-7-2-8-16-22,23-17-9-3-10-18-23)24-19-11-4-12-20-24/h2-26H,1H3;1-20H/q;-1/p+1. The summed E-state index contributed by atoms with van der Waals surface area (Å²) in [4.78, 5) is 5.17. The van der Waals surface area contributed by atoms with Crippen LogP contribution >= 0.6 is 11.8 Å². The van der Waals surface area contributed by atoms with Gasteiger partial charge < -0.3 is 0 Å². The van der Waals surface area contributed by atoms with Crippen LogP contribution in [0.4, 0.5) is 0 Å². The molecule has 0 aliphatic rings. The third kappa shape index (κ3) is 9.62. The minimum atomic E-state index is -1.22. The molecule has 0 bridgehead atoms. The molecular formula is C61H49BS2. The second kappa shape index (κ2) is 20.4. The summed E-state index contributed by atoms with van der Waals surface area (Å²) in [7, 11) is 0. The SMILES string of the molecule is Cc1cc([SH+]c2ccc(-c3ccccc3-c3ccccc3)cc2)ccc1Sc1ccc(-c2ccccc2)cc1.c1ccc([B-](c2ccccc2)(c2ccccc2)c2ccccc2)cc1. The average molecular weight is 857 g/mol. The minimum Gasteiger partial charge on any atom is -0.195 e. The van der Waals surface area contributed by atoms with Gasteiger partial charge >= 0.3 is 0 Å². The maximum Gasteiger partial charge on any atom is 0.158 e. The molecule has 10 aromatic carbocycles. The van der Waals surface area contributed by atoms with Gasteiger partial charge in [0.1, 0.15) is 6.15 Å². The van der Waals surface area contributed by atoms with E-state index in [-0.39, 0.29) is 0 Å². The lowest BCUT2D eigenvalue weighted by atomic mass is 9.13. The van der Waals surface area contributed by atoms with Crippen molar-refractivity contribution in [3.8, 4) is 33.4 Å². The Balaban J connectivity index is 0.000000178. The molecule has 0 aliphatic heterocycles. The molecule has 0 radical (unpaired) electrons. The zero-order chi connectivity index (χ0) is 43.4. The molecule has 0 spiro atoms. The Hall–Kier alpha value is -7.04. The van der Waals surface area contributed by atoms with Crippen molar-refractivity contribution in [2.75, 3.05) is 0 Å². The van der Waals surface area contributed by atoms with Gasteiger partial charge in [-0.15, -0.1) is 0 Å². The predicted molar refractivity (Wildman–Crippen MR) is 280 cm³/mol. The topological polar surface area (TPSA) is 0 Å². The lowest BCUT2D eigenvalue weighted by Gasteiger charge is -2.44. The van der Waals surface area contributed by atoms with Crippen LogP contribution in [0.1, 0.15) is 5.56 Å². The second-order valence-corrected chi connectivity index (χ2v) is 18.4. The molecule has 0 amide bonds. The van der Waals surface area contributed by atoms with Gasteiger partial charge in [-0.1, -0.05) is 230 Å². The Morgan fingerprint density at radius 3 is 1.09 bits per heavy atom. The van der Waals surface area contributed by atoms with Crippen LogP contribution in [0, 0.1) is 6.92 Å². The van der Waals surface area contributed by atoms with Crippen molar-refractivity contribution in [2.45, 2.75) is 26.5 Å². The van der Waals surface area contributed by atoms with Crippen molar-refractivity contribution in [3.05, 3.63) is 279 Å². The average Bonchev–Trinajstić information content (AvgIpc) is 3.38. The van der Waals surface area contributed by atoms with Crippen LogP contribution in [-0.4, -0.2) is 6.15 Å². The monoisotopic (exact) mass is 856 g/mol. The Kier molecular flexibility index (Phi) is 13.5. The van der Waals surface area contributed by atoms with Crippen LogP contribution < -0.4 is 21.9 Å². The third-order valence-corrected chi connectivity index (χ3v) is 14.3. The van der Waals surface area contributed by atoms with Crippen molar-refractivity contribution in [2.24, 2.45) is 0 Å². The van der Waals surface area contributed by atoms with Crippen LogP contribution in [0.3, 0.4) is 0 Å². The Bertz CT molecular complexity index is 2830. The first-order chi connectivity index (χ1) is 31.6. The van der Waals surface area contributed by atoms with Gasteiger partial charge in [-0.25, -0.2) is 0 Å². The zero-order valence-corrected chi connectivity index (χ0v) is 37.6. The highest BCUT2D eigenvalue weighted by atomic mass is 32.2. The minimum absolute atomic E-state index is 1.22. The largest absolute Gasteiger partial charge is 0.195 e. The molecule has 0 heterocycles. The van der Waals surface area contributed by atoms with E-state index in [0.29, 0.717) is 0 Å². The molecule has 3 heteroatoms. The molecule has 0 nitrogen and oxygen atoms in total. The fourth-order valence-electron chi connectivity index (χ4n) is 8.88. The van der Waals surface area contributed by atoms with Crippen molar-refractivity contribution in [1.29, 1.82) is 0 Å². The van der Waals surface area contributed by atoms with E-state index in [2.05, 4.69) is 280 Å². The maximum atomic E-state index is 2.32. The first-order valence-corrected chi connectivity index (χ1v) is 23.6. The highest BCUT2D eigenvalue weighted by Gasteiger charge is 2.31. The molecule has 0 aliphatic carbocycles. The van der Waals surface area contributed by atoms with Gasteiger partial charge in [-0.3, -0.25) is 0 Å². The Labute approximate surface area is 387 Å². The van der Waals surface area contributed by atoms with E-state index in [9.17, 15) is 0 Å². The molecule has 0 unspecified atom stereocenters. The van der Waals surface area contributed by atoms with E-state index in [1.54, 1.807) is 0 Å². The molecule has 308 valence electrons. The number of rotatable bonds is 11. The summed E-state index contributed by atoms with van der Waals surface area (Å²) in [5, 5.41) is 0. The van der Waals surface area contributed by atoms with Crippen LogP contribution in [0.5, 0.6) is 0 Å². The molecule has 10 aromatic rings. The summed E-state index contributed by atoms with van der Waals surface area (Å²) in [6.07, 6.45) is -1.22. The highest BCUT2D eigenvalue weighted by Crippen LogP contribution is 2.34. The van der Waals surface area contributed by atoms with E-state index in [0.717, 1.165) is 0 Å². The first kappa shape index (κ1) is 42.3. The van der Waals surface area contributed by atoms with Crippen LogP contribution in [0.15, 0.2) is 293 Å². The Morgan fingerprint density at radius 2 is 0.656 bits per heavy atom. The van der Waals surface area contributed by atoms with E-state index >= 15 is 0 Å². The van der Waals surface area contributed by atoms with E-state index in [1.807, 2.05) is 11.8 Å². The van der Waals surface area contributed by atoms with Gasteiger partial charge in [-0.05, 0) is 100 Å². The molecule has 0 N–H and O–H groups in total. The van der Waals surface area contributed by atoms with Crippen LogP contribution in [-0.2, 0) is 11.8 Å². The highest BCUT2D eigenvalue weighted by molar-refractivity contribution is 7.99. The number of hydrogen-bond acceptors (Lipinski definition) is 1.